The minimum atomic E-state index is -0.850. The van der Waals surface area contributed by atoms with Crippen molar-refractivity contribution < 1.29 is 19.5 Å². The number of carbonyl (C=O) groups excluding carboxylic acids is 2. The van der Waals surface area contributed by atoms with Crippen molar-refractivity contribution in [1.29, 1.82) is 0 Å². The highest BCUT2D eigenvalue weighted by atomic mass is 16.4. The van der Waals surface area contributed by atoms with Crippen LogP contribution in [0, 0.1) is 0 Å². The van der Waals surface area contributed by atoms with E-state index in [0.717, 1.165) is 12.8 Å². The summed E-state index contributed by atoms with van der Waals surface area (Å²) in [6, 6.07) is -0.243. The smallest absolute Gasteiger partial charge is 0.321 e. The zero-order chi connectivity index (χ0) is 13.5. The molecule has 0 spiro atoms. The Bertz CT molecular complexity index is 328. The molecule has 0 aromatic carbocycles. The number of carboxylic acids is 1. The van der Waals surface area contributed by atoms with Crippen LogP contribution in [0.4, 0.5) is 4.79 Å². The van der Waals surface area contributed by atoms with Crippen molar-refractivity contribution in [2.24, 2.45) is 0 Å². The van der Waals surface area contributed by atoms with Crippen molar-refractivity contribution in [2.45, 2.75) is 31.7 Å². The Morgan fingerprint density at radius 2 is 2.00 bits per heavy atom. The van der Waals surface area contributed by atoms with Gasteiger partial charge in [-0.05, 0) is 32.9 Å². The quantitative estimate of drug-likeness (QED) is 0.585. The van der Waals surface area contributed by atoms with Gasteiger partial charge in [-0.15, -0.1) is 0 Å². The first-order valence-corrected chi connectivity index (χ1v) is 5.98. The van der Waals surface area contributed by atoms with E-state index in [9.17, 15) is 14.4 Å². The van der Waals surface area contributed by atoms with E-state index in [-0.39, 0.29) is 24.9 Å². The predicted octanol–water partition coefficient (Wildman–Crippen LogP) is -0.229. The summed E-state index contributed by atoms with van der Waals surface area (Å²) in [6.07, 6.45) is 2.49. The highest BCUT2D eigenvalue weighted by molar-refractivity contribution is 5.95. The van der Waals surface area contributed by atoms with Gasteiger partial charge in [-0.1, -0.05) is 0 Å². The molecule has 1 fully saturated rings. The van der Waals surface area contributed by atoms with E-state index < -0.39 is 12.0 Å². The first-order valence-electron chi connectivity index (χ1n) is 5.98. The van der Waals surface area contributed by atoms with Gasteiger partial charge in [0, 0.05) is 12.5 Å². The molecular formula is C11H19N3O4. The first kappa shape index (κ1) is 14.4. The third kappa shape index (κ3) is 6.85. The fourth-order valence-electron chi connectivity index (χ4n) is 1.44. The molecule has 3 N–H and O–H groups in total. The molecule has 0 unspecified atom stereocenters. The minimum absolute atomic E-state index is 0.0775. The normalized spacial score (nSPS) is 14.3. The average Bonchev–Trinajstić information content (AvgIpc) is 2.99. The van der Waals surface area contributed by atoms with Crippen LogP contribution >= 0.6 is 0 Å². The van der Waals surface area contributed by atoms with Crippen molar-refractivity contribution in [3.63, 3.8) is 0 Å². The van der Waals surface area contributed by atoms with Crippen LogP contribution in [0.5, 0.6) is 0 Å². The van der Waals surface area contributed by atoms with E-state index in [2.05, 4.69) is 10.6 Å². The maximum atomic E-state index is 11.4. The number of urea groups is 1. The molecule has 0 heterocycles. The Hall–Kier alpha value is -1.63. The Morgan fingerprint density at radius 3 is 2.56 bits per heavy atom. The monoisotopic (exact) mass is 257 g/mol. The molecule has 0 radical (unpaired) electrons. The maximum Gasteiger partial charge on any atom is 0.321 e. The van der Waals surface area contributed by atoms with Gasteiger partial charge < -0.3 is 10.4 Å². The number of carboxylic acid groups (broad SMARTS) is 1. The Labute approximate surface area is 106 Å². The van der Waals surface area contributed by atoms with Crippen molar-refractivity contribution in [1.82, 2.24) is 15.5 Å². The van der Waals surface area contributed by atoms with Crippen LogP contribution in [0.15, 0.2) is 0 Å². The Balaban J connectivity index is 2.09. The standard InChI is InChI=1S/C11H19N3O4/c1-14(6-2-3-10(16)17)7-9(15)13-11(18)12-8-4-5-8/h8H,2-7H2,1H3,(H,16,17)(H2,12,13,15,18). The molecular weight excluding hydrogens is 238 g/mol. The minimum Gasteiger partial charge on any atom is -0.481 e. The van der Waals surface area contributed by atoms with E-state index in [0.29, 0.717) is 13.0 Å². The summed E-state index contributed by atoms with van der Waals surface area (Å²) in [7, 11) is 1.71. The average molecular weight is 257 g/mol. The lowest BCUT2D eigenvalue weighted by Gasteiger charge is -2.15. The molecule has 7 nitrogen and oxygen atoms in total. The van der Waals surface area contributed by atoms with Gasteiger partial charge in [0.2, 0.25) is 5.91 Å². The number of aliphatic carboxylic acids is 1. The summed E-state index contributed by atoms with van der Waals surface area (Å²) in [5.41, 5.74) is 0. The summed E-state index contributed by atoms with van der Waals surface area (Å²) in [5.74, 6) is -1.23. The molecule has 1 rings (SSSR count). The number of carbonyl (C=O) groups is 3. The van der Waals surface area contributed by atoms with Gasteiger partial charge in [0.25, 0.3) is 0 Å². The molecule has 0 bridgehead atoms. The highest BCUT2D eigenvalue weighted by Gasteiger charge is 2.23. The van der Waals surface area contributed by atoms with Crippen LogP contribution in [0.25, 0.3) is 0 Å². The highest BCUT2D eigenvalue weighted by Crippen LogP contribution is 2.18. The molecule has 0 aromatic heterocycles. The number of nitrogens with one attached hydrogen (secondary N) is 2. The predicted molar refractivity (Wildman–Crippen MR) is 64.1 cm³/mol. The molecule has 0 atom stereocenters. The molecule has 7 heteroatoms. The van der Waals surface area contributed by atoms with Crippen molar-refractivity contribution >= 4 is 17.9 Å². The number of rotatable bonds is 7. The van der Waals surface area contributed by atoms with Crippen LogP contribution in [0.3, 0.4) is 0 Å². The summed E-state index contributed by atoms with van der Waals surface area (Å²) >= 11 is 0. The molecule has 3 amide bonds. The van der Waals surface area contributed by atoms with E-state index in [1.807, 2.05) is 0 Å². The fourth-order valence-corrected chi connectivity index (χ4v) is 1.44. The van der Waals surface area contributed by atoms with E-state index in [4.69, 9.17) is 5.11 Å². The van der Waals surface area contributed by atoms with Gasteiger partial charge in [-0.25, -0.2) is 4.79 Å². The molecule has 18 heavy (non-hydrogen) atoms. The van der Waals surface area contributed by atoms with Crippen LogP contribution < -0.4 is 10.6 Å². The van der Waals surface area contributed by atoms with Gasteiger partial charge in [0.1, 0.15) is 0 Å². The van der Waals surface area contributed by atoms with Crippen molar-refractivity contribution in [3.8, 4) is 0 Å². The molecule has 0 aromatic rings. The second kappa shape index (κ2) is 6.95. The van der Waals surface area contributed by atoms with Crippen LogP contribution in [0.2, 0.25) is 0 Å². The molecule has 102 valence electrons. The third-order valence-corrected chi connectivity index (χ3v) is 2.51. The second-order valence-electron chi connectivity index (χ2n) is 4.53. The number of amides is 3. The summed E-state index contributed by atoms with van der Waals surface area (Å²) < 4.78 is 0. The summed E-state index contributed by atoms with van der Waals surface area (Å²) in [5, 5.41) is 13.3. The largest absolute Gasteiger partial charge is 0.481 e. The van der Waals surface area contributed by atoms with Gasteiger partial charge in [0.05, 0.1) is 6.54 Å². The maximum absolute atomic E-state index is 11.4. The molecule has 0 saturated heterocycles. The van der Waals surface area contributed by atoms with Crippen LogP contribution in [0.1, 0.15) is 25.7 Å². The summed E-state index contributed by atoms with van der Waals surface area (Å²) in [6.45, 7) is 0.585. The topological polar surface area (TPSA) is 98.7 Å². The fraction of sp³-hybridized carbons (Fsp3) is 0.727. The first-order chi connectivity index (χ1) is 8.47. The molecule has 1 saturated carbocycles. The van der Waals surface area contributed by atoms with Gasteiger partial charge in [-0.3, -0.25) is 19.8 Å². The molecule has 1 aliphatic rings. The number of likely N-dealkylation sites (N-methyl/N-ethyl adjacent to an activating group) is 1. The number of nitrogens with zero attached hydrogens (tertiary/aromatic N) is 1. The lowest BCUT2D eigenvalue weighted by Crippen LogP contribution is -2.44. The zero-order valence-corrected chi connectivity index (χ0v) is 10.4. The van der Waals surface area contributed by atoms with Gasteiger partial charge in [0.15, 0.2) is 0 Å². The van der Waals surface area contributed by atoms with Crippen LogP contribution in [-0.4, -0.2) is 54.1 Å². The van der Waals surface area contributed by atoms with E-state index in [1.54, 1.807) is 11.9 Å². The SMILES string of the molecule is CN(CCCC(=O)O)CC(=O)NC(=O)NC1CC1. The second-order valence-corrected chi connectivity index (χ2v) is 4.53. The zero-order valence-electron chi connectivity index (χ0n) is 10.4. The van der Waals surface area contributed by atoms with Crippen LogP contribution in [-0.2, 0) is 9.59 Å². The van der Waals surface area contributed by atoms with Gasteiger partial charge >= 0.3 is 12.0 Å². The Morgan fingerprint density at radius 1 is 1.33 bits per heavy atom. The Kier molecular flexibility index (Phi) is 5.57. The molecule has 0 aliphatic heterocycles. The van der Waals surface area contributed by atoms with E-state index in [1.165, 1.54) is 0 Å². The third-order valence-electron chi connectivity index (χ3n) is 2.51. The lowest BCUT2D eigenvalue weighted by atomic mass is 10.3. The van der Waals surface area contributed by atoms with E-state index >= 15 is 0 Å². The van der Waals surface area contributed by atoms with Crippen molar-refractivity contribution in [3.05, 3.63) is 0 Å². The number of hydrogen-bond acceptors (Lipinski definition) is 4. The molecule has 1 aliphatic carbocycles. The van der Waals surface area contributed by atoms with Gasteiger partial charge in [-0.2, -0.15) is 0 Å². The summed E-state index contributed by atoms with van der Waals surface area (Å²) in [4.78, 5) is 34.7. The lowest BCUT2D eigenvalue weighted by molar-refractivity contribution is -0.137. The number of imide groups is 1. The van der Waals surface area contributed by atoms with Crippen molar-refractivity contribution in [2.75, 3.05) is 20.1 Å². The number of hydrogen-bond donors (Lipinski definition) is 3.